The minimum Gasteiger partial charge on any atom is -0.318 e. The Bertz CT molecular complexity index is 482. The lowest BCUT2D eigenvalue weighted by Crippen LogP contribution is -2.23. The number of rotatable bonds is 4. The Morgan fingerprint density at radius 3 is 2.59 bits per heavy atom. The number of carbonyl (C=O) groups is 1. The molecule has 1 aromatic carbocycles. The van der Waals surface area contributed by atoms with E-state index in [9.17, 15) is 4.79 Å². The number of Topliss-reactive ketones (excluding diaryl/α,β-unsaturated/α-hetero) is 1. The Balaban J connectivity index is 2.06. The summed E-state index contributed by atoms with van der Waals surface area (Å²) in [7, 11) is 0. The van der Waals surface area contributed by atoms with Gasteiger partial charge in [0.15, 0.2) is 5.78 Å². The molecule has 1 aromatic heterocycles. The molecule has 1 atom stereocenters. The molecule has 0 aliphatic carbocycles. The summed E-state index contributed by atoms with van der Waals surface area (Å²) in [4.78, 5) is 15.9. The first-order chi connectivity index (χ1) is 8.27. The first-order valence-corrected chi connectivity index (χ1v) is 5.49. The van der Waals surface area contributed by atoms with Gasteiger partial charge in [-0.3, -0.25) is 9.78 Å². The van der Waals surface area contributed by atoms with Gasteiger partial charge in [-0.1, -0.05) is 36.4 Å². The maximum absolute atomic E-state index is 12.0. The normalized spacial score (nSPS) is 12.1. The topological polar surface area (TPSA) is 56.0 Å². The standard InChI is InChI=1S/C14H14N2O/c15-14(12-6-2-1-3-7-12)13(17)9-11-5-4-8-16-10-11/h1-8,10,14H,9,15H2. The minimum atomic E-state index is -0.559. The molecule has 2 aromatic rings. The van der Waals surface area contributed by atoms with Gasteiger partial charge in [0.2, 0.25) is 0 Å². The Hall–Kier alpha value is -2.00. The van der Waals surface area contributed by atoms with Gasteiger partial charge in [0.25, 0.3) is 0 Å². The second kappa shape index (κ2) is 5.37. The van der Waals surface area contributed by atoms with Gasteiger partial charge in [-0.05, 0) is 17.2 Å². The fraction of sp³-hybridized carbons (Fsp3) is 0.143. The predicted molar refractivity (Wildman–Crippen MR) is 66.3 cm³/mol. The lowest BCUT2D eigenvalue weighted by molar-refractivity contribution is -0.119. The molecular weight excluding hydrogens is 212 g/mol. The van der Waals surface area contributed by atoms with Crippen molar-refractivity contribution in [2.24, 2.45) is 5.73 Å². The van der Waals surface area contributed by atoms with Gasteiger partial charge >= 0.3 is 0 Å². The fourth-order valence-electron chi connectivity index (χ4n) is 1.66. The minimum absolute atomic E-state index is 0.00389. The smallest absolute Gasteiger partial charge is 0.158 e. The zero-order chi connectivity index (χ0) is 12.1. The van der Waals surface area contributed by atoms with Gasteiger partial charge in [0.05, 0.1) is 6.04 Å². The number of pyridine rings is 1. The average Bonchev–Trinajstić information content (AvgIpc) is 2.40. The van der Waals surface area contributed by atoms with Crippen molar-refractivity contribution in [1.82, 2.24) is 4.98 Å². The first kappa shape index (κ1) is 11.5. The van der Waals surface area contributed by atoms with E-state index in [1.807, 2.05) is 42.5 Å². The average molecular weight is 226 g/mol. The van der Waals surface area contributed by atoms with E-state index in [1.54, 1.807) is 12.4 Å². The van der Waals surface area contributed by atoms with Crippen LogP contribution in [0.2, 0.25) is 0 Å². The molecule has 2 rings (SSSR count). The van der Waals surface area contributed by atoms with Gasteiger partial charge in [0, 0.05) is 18.8 Å². The van der Waals surface area contributed by atoms with Crippen molar-refractivity contribution < 1.29 is 4.79 Å². The van der Waals surface area contributed by atoms with Crippen LogP contribution in [0.3, 0.4) is 0 Å². The van der Waals surface area contributed by atoms with Crippen molar-refractivity contribution in [3.05, 3.63) is 66.0 Å². The molecule has 17 heavy (non-hydrogen) atoms. The number of hydrogen-bond acceptors (Lipinski definition) is 3. The molecule has 0 aliphatic rings. The molecule has 86 valence electrons. The second-order valence-corrected chi connectivity index (χ2v) is 3.89. The Morgan fingerprint density at radius 1 is 1.18 bits per heavy atom. The number of aromatic nitrogens is 1. The predicted octanol–water partition coefficient (Wildman–Crippen LogP) is 1.89. The molecule has 0 spiro atoms. The van der Waals surface area contributed by atoms with Crippen LogP contribution in [0.1, 0.15) is 17.2 Å². The lowest BCUT2D eigenvalue weighted by atomic mass is 9.99. The molecule has 0 bridgehead atoms. The summed E-state index contributed by atoms with van der Waals surface area (Å²) in [5, 5.41) is 0. The van der Waals surface area contributed by atoms with Crippen molar-refractivity contribution in [3.8, 4) is 0 Å². The van der Waals surface area contributed by atoms with Crippen LogP contribution in [0.4, 0.5) is 0 Å². The summed E-state index contributed by atoms with van der Waals surface area (Å²) >= 11 is 0. The number of nitrogens with two attached hydrogens (primary N) is 1. The van der Waals surface area contributed by atoms with Crippen LogP contribution in [0.25, 0.3) is 0 Å². The highest BCUT2D eigenvalue weighted by Gasteiger charge is 2.15. The monoisotopic (exact) mass is 226 g/mol. The number of ketones is 1. The van der Waals surface area contributed by atoms with E-state index in [0.29, 0.717) is 6.42 Å². The van der Waals surface area contributed by atoms with Crippen molar-refractivity contribution in [2.75, 3.05) is 0 Å². The Kier molecular flexibility index (Phi) is 3.62. The molecule has 3 heteroatoms. The summed E-state index contributed by atoms with van der Waals surface area (Å²) in [6.45, 7) is 0. The number of benzene rings is 1. The molecule has 0 saturated carbocycles. The SMILES string of the molecule is NC(C(=O)Cc1cccnc1)c1ccccc1. The third-order valence-corrected chi connectivity index (χ3v) is 2.61. The van der Waals surface area contributed by atoms with Crippen molar-refractivity contribution >= 4 is 5.78 Å². The molecule has 0 fully saturated rings. The maximum atomic E-state index is 12.0. The van der Waals surface area contributed by atoms with E-state index in [-0.39, 0.29) is 5.78 Å². The zero-order valence-electron chi connectivity index (χ0n) is 9.41. The molecule has 0 amide bonds. The number of nitrogens with zero attached hydrogens (tertiary/aromatic N) is 1. The highest BCUT2D eigenvalue weighted by molar-refractivity contribution is 5.86. The Morgan fingerprint density at radius 2 is 1.94 bits per heavy atom. The van der Waals surface area contributed by atoms with Crippen molar-refractivity contribution in [2.45, 2.75) is 12.5 Å². The lowest BCUT2D eigenvalue weighted by Gasteiger charge is -2.10. The zero-order valence-corrected chi connectivity index (χ0v) is 9.41. The molecule has 2 N–H and O–H groups in total. The van der Waals surface area contributed by atoms with Crippen LogP contribution in [0.5, 0.6) is 0 Å². The van der Waals surface area contributed by atoms with Gasteiger partial charge in [-0.25, -0.2) is 0 Å². The summed E-state index contributed by atoms with van der Waals surface area (Å²) in [5.74, 6) is 0.00389. The third-order valence-electron chi connectivity index (χ3n) is 2.61. The van der Waals surface area contributed by atoms with Crippen LogP contribution >= 0.6 is 0 Å². The fourth-order valence-corrected chi connectivity index (χ4v) is 1.66. The Labute approximate surface area is 100 Å². The van der Waals surface area contributed by atoms with Gasteiger partial charge in [-0.2, -0.15) is 0 Å². The highest BCUT2D eigenvalue weighted by Crippen LogP contribution is 2.13. The van der Waals surface area contributed by atoms with Crippen LogP contribution in [-0.2, 0) is 11.2 Å². The van der Waals surface area contributed by atoms with E-state index in [1.165, 1.54) is 0 Å². The van der Waals surface area contributed by atoms with E-state index >= 15 is 0 Å². The molecule has 0 radical (unpaired) electrons. The number of hydrogen-bond donors (Lipinski definition) is 1. The van der Waals surface area contributed by atoms with Crippen LogP contribution in [0.15, 0.2) is 54.9 Å². The van der Waals surface area contributed by atoms with E-state index in [0.717, 1.165) is 11.1 Å². The second-order valence-electron chi connectivity index (χ2n) is 3.89. The molecule has 0 aliphatic heterocycles. The summed E-state index contributed by atoms with van der Waals surface area (Å²) in [5.41, 5.74) is 7.66. The molecule has 3 nitrogen and oxygen atoms in total. The largest absolute Gasteiger partial charge is 0.318 e. The van der Waals surface area contributed by atoms with E-state index in [2.05, 4.69) is 4.98 Å². The summed E-state index contributed by atoms with van der Waals surface area (Å²) < 4.78 is 0. The van der Waals surface area contributed by atoms with E-state index < -0.39 is 6.04 Å². The van der Waals surface area contributed by atoms with Crippen LogP contribution in [0, 0.1) is 0 Å². The van der Waals surface area contributed by atoms with Gasteiger partial charge in [0.1, 0.15) is 0 Å². The third kappa shape index (κ3) is 2.98. The van der Waals surface area contributed by atoms with E-state index in [4.69, 9.17) is 5.73 Å². The summed E-state index contributed by atoms with van der Waals surface area (Å²) in [6, 6.07) is 12.5. The van der Waals surface area contributed by atoms with Crippen molar-refractivity contribution in [1.29, 1.82) is 0 Å². The summed E-state index contributed by atoms with van der Waals surface area (Å²) in [6.07, 6.45) is 3.70. The molecular formula is C14H14N2O. The molecule has 0 saturated heterocycles. The number of carbonyl (C=O) groups excluding carboxylic acids is 1. The van der Waals surface area contributed by atoms with Crippen molar-refractivity contribution in [3.63, 3.8) is 0 Å². The molecule has 1 unspecified atom stereocenters. The molecule has 1 heterocycles. The van der Waals surface area contributed by atoms with Crippen LogP contribution < -0.4 is 5.73 Å². The first-order valence-electron chi connectivity index (χ1n) is 5.49. The maximum Gasteiger partial charge on any atom is 0.158 e. The van der Waals surface area contributed by atoms with Crippen LogP contribution in [-0.4, -0.2) is 10.8 Å². The van der Waals surface area contributed by atoms with Gasteiger partial charge < -0.3 is 5.73 Å². The highest BCUT2D eigenvalue weighted by atomic mass is 16.1. The quantitative estimate of drug-likeness (QED) is 0.866. The van der Waals surface area contributed by atoms with Gasteiger partial charge in [-0.15, -0.1) is 0 Å².